The van der Waals surface area contributed by atoms with Crippen molar-refractivity contribution < 1.29 is 33.4 Å². The van der Waals surface area contributed by atoms with Gasteiger partial charge in [0.25, 0.3) is 5.91 Å². The van der Waals surface area contributed by atoms with Crippen LogP contribution in [0, 0.1) is 0 Å². The summed E-state index contributed by atoms with van der Waals surface area (Å²) in [6.45, 7) is -0.601. The number of esters is 1. The van der Waals surface area contributed by atoms with Crippen molar-refractivity contribution in [3.05, 3.63) is 88.5 Å². The van der Waals surface area contributed by atoms with Crippen LogP contribution in [0.1, 0.15) is 42.2 Å². The summed E-state index contributed by atoms with van der Waals surface area (Å²) >= 11 is 0. The van der Waals surface area contributed by atoms with E-state index in [1.165, 1.54) is 38.5 Å². The molecule has 0 spiro atoms. The number of rotatable bonds is 6. The quantitative estimate of drug-likeness (QED) is 0.454. The van der Waals surface area contributed by atoms with Gasteiger partial charge < -0.3 is 19.5 Å². The van der Waals surface area contributed by atoms with Crippen molar-refractivity contribution in [2.75, 3.05) is 26.1 Å². The molecular weight excluding hydrogens is 426 g/mol. The fourth-order valence-corrected chi connectivity index (χ4v) is 3.61. The first-order chi connectivity index (χ1) is 15.9. The first-order valence-corrected chi connectivity index (χ1v) is 9.95. The molecular formula is C25H19NO7. The van der Waals surface area contributed by atoms with Crippen molar-refractivity contribution in [3.8, 4) is 11.5 Å². The molecule has 1 aliphatic rings. The van der Waals surface area contributed by atoms with E-state index in [-0.39, 0.29) is 45.3 Å². The maximum absolute atomic E-state index is 13.0. The second-order valence-corrected chi connectivity index (χ2v) is 7.12. The van der Waals surface area contributed by atoms with Gasteiger partial charge >= 0.3 is 5.97 Å². The molecule has 0 atom stereocenters. The van der Waals surface area contributed by atoms with Crippen molar-refractivity contribution >= 4 is 29.1 Å². The molecule has 3 aromatic rings. The summed E-state index contributed by atoms with van der Waals surface area (Å²) in [4.78, 5) is 50.7. The number of amides is 1. The Morgan fingerprint density at radius 3 is 2.21 bits per heavy atom. The van der Waals surface area contributed by atoms with E-state index in [9.17, 15) is 19.2 Å². The molecule has 3 aromatic carbocycles. The van der Waals surface area contributed by atoms with Gasteiger partial charge in [0.2, 0.25) is 0 Å². The molecule has 0 aromatic heterocycles. The van der Waals surface area contributed by atoms with Crippen LogP contribution in [0.5, 0.6) is 11.5 Å². The highest BCUT2D eigenvalue weighted by atomic mass is 16.5. The van der Waals surface area contributed by atoms with Gasteiger partial charge in [0.15, 0.2) is 18.2 Å². The Morgan fingerprint density at radius 2 is 1.52 bits per heavy atom. The Balaban J connectivity index is 1.50. The minimum atomic E-state index is -0.764. The fourth-order valence-electron chi connectivity index (χ4n) is 3.61. The topological polar surface area (TPSA) is 108 Å². The van der Waals surface area contributed by atoms with Crippen LogP contribution in [0.3, 0.4) is 0 Å². The van der Waals surface area contributed by atoms with Crippen LogP contribution in [-0.4, -0.2) is 44.3 Å². The highest BCUT2D eigenvalue weighted by Gasteiger charge is 2.31. The van der Waals surface area contributed by atoms with Crippen molar-refractivity contribution in [2.24, 2.45) is 0 Å². The summed E-state index contributed by atoms with van der Waals surface area (Å²) in [5.41, 5.74) is 1.20. The standard InChI is InChI=1S/C25H19NO7/c1-31-14-10-11-17(20(12-14)32-2)25(30)33-13-21(27)26-19-9-5-8-18-22(19)24(29)16-7-4-3-6-15(16)23(18)28/h3-12H,13H2,1-2H3,(H,26,27). The average molecular weight is 445 g/mol. The Morgan fingerprint density at radius 1 is 0.818 bits per heavy atom. The lowest BCUT2D eigenvalue weighted by Crippen LogP contribution is -2.26. The molecule has 0 aliphatic heterocycles. The second kappa shape index (κ2) is 8.96. The summed E-state index contributed by atoms with van der Waals surface area (Å²) in [7, 11) is 2.88. The van der Waals surface area contributed by atoms with Crippen LogP contribution in [-0.2, 0) is 9.53 Å². The first kappa shape index (κ1) is 21.8. The highest BCUT2D eigenvalue weighted by Crippen LogP contribution is 2.32. The van der Waals surface area contributed by atoms with Crippen molar-refractivity contribution in [2.45, 2.75) is 0 Å². The predicted octanol–water partition coefficient (Wildman–Crippen LogP) is 3.27. The molecule has 1 amide bonds. The van der Waals surface area contributed by atoms with Gasteiger partial charge in [0.05, 0.1) is 25.5 Å². The van der Waals surface area contributed by atoms with Gasteiger partial charge in [0.1, 0.15) is 17.1 Å². The molecule has 33 heavy (non-hydrogen) atoms. The Labute approximate surface area is 189 Å². The monoisotopic (exact) mass is 445 g/mol. The zero-order valence-corrected chi connectivity index (χ0v) is 17.8. The number of carbonyl (C=O) groups is 4. The Hall–Kier alpha value is -4.46. The third-order valence-electron chi connectivity index (χ3n) is 5.19. The molecule has 8 heteroatoms. The van der Waals surface area contributed by atoms with Crippen molar-refractivity contribution in [3.63, 3.8) is 0 Å². The number of benzene rings is 3. The molecule has 0 saturated carbocycles. The Bertz CT molecular complexity index is 1300. The summed E-state index contributed by atoms with van der Waals surface area (Å²) in [6.07, 6.45) is 0. The molecule has 0 saturated heterocycles. The normalized spacial score (nSPS) is 11.8. The highest BCUT2D eigenvalue weighted by molar-refractivity contribution is 6.30. The minimum absolute atomic E-state index is 0.109. The summed E-state index contributed by atoms with van der Waals surface area (Å²) in [5.74, 6) is -1.36. The average Bonchev–Trinajstić information content (AvgIpc) is 2.85. The van der Waals surface area contributed by atoms with E-state index in [1.807, 2.05) is 0 Å². The molecule has 0 unspecified atom stereocenters. The lowest BCUT2D eigenvalue weighted by atomic mass is 9.83. The Kier molecular flexibility index (Phi) is 5.91. The molecule has 0 bridgehead atoms. The van der Waals surface area contributed by atoms with Crippen LogP contribution in [0.25, 0.3) is 0 Å². The number of nitrogens with one attached hydrogen (secondary N) is 1. The zero-order valence-electron chi connectivity index (χ0n) is 17.8. The predicted molar refractivity (Wildman–Crippen MR) is 118 cm³/mol. The van der Waals surface area contributed by atoms with E-state index >= 15 is 0 Å². The third-order valence-corrected chi connectivity index (χ3v) is 5.19. The number of ketones is 2. The lowest BCUT2D eigenvalue weighted by molar-refractivity contribution is -0.119. The smallest absolute Gasteiger partial charge is 0.342 e. The number of anilines is 1. The van der Waals surface area contributed by atoms with Crippen LogP contribution >= 0.6 is 0 Å². The second-order valence-electron chi connectivity index (χ2n) is 7.12. The zero-order chi connectivity index (χ0) is 23.5. The number of fused-ring (bicyclic) bond motifs is 2. The van der Waals surface area contributed by atoms with Gasteiger partial charge in [0, 0.05) is 22.8 Å². The van der Waals surface area contributed by atoms with Crippen LogP contribution in [0.15, 0.2) is 60.7 Å². The van der Waals surface area contributed by atoms with E-state index in [4.69, 9.17) is 14.2 Å². The molecule has 166 valence electrons. The lowest BCUT2D eigenvalue weighted by Gasteiger charge is -2.20. The molecule has 0 fully saturated rings. The van der Waals surface area contributed by atoms with Crippen LogP contribution in [0.2, 0.25) is 0 Å². The van der Waals surface area contributed by atoms with E-state index in [0.29, 0.717) is 11.3 Å². The number of carbonyl (C=O) groups excluding carboxylic acids is 4. The van der Waals surface area contributed by atoms with Gasteiger partial charge in [-0.2, -0.15) is 0 Å². The van der Waals surface area contributed by atoms with Gasteiger partial charge in [-0.3, -0.25) is 14.4 Å². The molecule has 8 nitrogen and oxygen atoms in total. The van der Waals surface area contributed by atoms with E-state index in [2.05, 4.69) is 5.32 Å². The first-order valence-electron chi connectivity index (χ1n) is 9.95. The van der Waals surface area contributed by atoms with Gasteiger partial charge in [-0.1, -0.05) is 36.4 Å². The van der Waals surface area contributed by atoms with Gasteiger partial charge in [-0.15, -0.1) is 0 Å². The SMILES string of the molecule is COc1ccc(C(=O)OCC(=O)Nc2cccc3c2C(=O)c2ccccc2C3=O)c(OC)c1. The van der Waals surface area contributed by atoms with Gasteiger partial charge in [-0.05, 0) is 18.2 Å². The van der Waals surface area contributed by atoms with Crippen molar-refractivity contribution in [1.29, 1.82) is 0 Å². The fraction of sp³-hybridized carbons (Fsp3) is 0.120. The largest absolute Gasteiger partial charge is 0.497 e. The summed E-state index contributed by atoms with van der Waals surface area (Å²) in [6, 6.07) is 15.7. The maximum Gasteiger partial charge on any atom is 0.342 e. The molecule has 1 aliphatic carbocycles. The number of hydrogen-bond acceptors (Lipinski definition) is 7. The number of hydrogen-bond donors (Lipinski definition) is 1. The maximum atomic E-state index is 13.0. The summed E-state index contributed by atoms with van der Waals surface area (Å²) in [5, 5.41) is 2.57. The third kappa shape index (κ3) is 4.06. The summed E-state index contributed by atoms with van der Waals surface area (Å²) < 4.78 is 15.4. The molecule has 0 heterocycles. The minimum Gasteiger partial charge on any atom is -0.497 e. The van der Waals surface area contributed by atoms with E-state index in [1.54, 1.807) is 36.4 Å². The number of ether oxygens (including phenoxy) is 3. The molecule has 0 radical (unpaired) electrons. The molecule has 4 rings (SSSR count). The molecule has 1 N–H and O–H groups in total. The van der Waals surface area contributed by atoms with Gasteiger partial charge in [-0.25, -0.2) is 4.79 Å². The van der Waals surface area contributed by atoms with E-state index in [0.717, 1.165) is 0 Å². The van der Waals surface area contributed by atoms with Crippen LogP contribution < -0.4 is 14.8 Å². The van der Waals surface area contributed by atoms with Crippen molar-refractivity contribution in [1.82, 2.24) is 0 Å². The number of methoxy groups -OCH3 is 2. The van der Waals surface area contributed by atoms with E-state index < -0.39 is 18.5 Å². The van der Waals surface area contributed by atoms with Crippen LogP contribution in [0.4, 0.5) is 5.69 Å².